The third kappa shape index (κ3) is 5.66. The van der Waals surface area contributed by atoms with Crippen LogP contribution in [0.2, 0.25) is 0 Å². The van der Waals surface area contributed by atoms with Crippen LogP contribution in [-0.2, 0) is 6.54 Å². The van der Waals surface area contributed by atoms with E-state index >= 15 is 0 Å². The molecule has 1 aliphatic rings. The average molecular weight is 435 g/mol. The summed E-state index contributed by atoms with van der Waals surface area (Å²) in [4.78, 5) is 6.92. The predicted molar refractivity (Wildman–Crippen MR) is 131 cm³/mol. The number of aliphatic imine (C=N–C) groups is 1. The number of hydrogen-bond donors (Lipinski definition) is 1. The van der Waals surface area contributed by atoms with Crippen molar-refractivity contribution in [3.8, 4) is 11.3 Å². The van der Waals surface area contributed by atoms with Gasteiger partial charge in [0, 0.05) is 43.2 Å². The van der Waals surface area contributed by atoms with Crippen LogP contribution in [-0.4, -0.2) is 40.1 Å². The number of hydrogen-bond acceptors (Lipinski definition) is 3. The van der Waals surface area contributed by atoms with Crippen LogP contribution >= 0.6 is 0 Å². The third-order valence-electron chi connectivity index (χ3n) is 6.03. The maximum Gasteiger partial charge on any atom is 0.105 e. The molecule has 1 N–H and O–H groups in total. The number of aromatic nitrogens is 2. The number of nitrogens with one attached hydrogen (secondary N) is 1. The summed E-state index contributed by atoms with van der Waals surface area (Å²) < 4.78 is 14.3. The summed E-state index contributed by atoms with van der Waals surface area (Å²) in [5, 5.41) is 7.11. The maximum absolute atomic E-state index is 14.3. The molecule has 4 nitrogen and oxygen atoms in total. The Labute approximate surface area is 191 Å². The fraction of sp³-hybridized carbons (Fsp3) is 0.444. The van der Waals surface area contributed by atoms with Crippen LogP contribution in [0.15, 0.2) is 70.7 Å². The lowest BCUT2D eigenvalue weighted by atomic mass is 9.84. The summed E-state index contributed by atoms with van der Waals surface area (Å²) in [6.07, 6.45) is 3.83. The van der Waals surface area contributed by atoms with E-state index in [-0.39, 0.29) is 0 Å². The third-order valence-corrected chi connectivity index (χ3v) is 6.03. The first-order valence-corrected chi connectivity index (χ1v) is 11.4. The van der Waals surface area contributed by atoms with Gasteiger partial charge in [-0.05, 0) is 50.7 Å². The fourth-order valence-electron chi connectivity index (χ4n) is 4.25. The van der Waals surface area contributed by atoms with Crippen molar-refractivity contribution < 1.29 is 4.39 Å². The minimum absolute atomic E-state index is 0.388. The largest absolute Gasteiger partial charge is 0.360 e. The molecule has 2 heterocycles. The molecule has 0 aliphatic carbocycles. The highest BCUT2D eigenvalue weighted by Gasteiger charge is 2.29. The second-order valence-corrected chi connectivity index (χ2v) is 9.30. The van der Waals surface area contributed by atoms with Crippen LogP contribution in [0.3, 0.4) is 0 Å². The van der Waals surface area contributed by atoms with E-state index in [0.29, 0.717) is 18.8 Å². The monoisotopic (exact) mass is 434 g/mol. The van der Waals surface area contributed by atoms with Crippen molar-refractivity contribution in [3.05, 3.63) is 71.2 Å². The molecule has 1 aliphatic heterocycles. The number of rotatable bonds is 8. The topological polar surface area (TPSA) is 44.3 Å². The Balaban J connectivity index is 1.87. The zero-order valence-corrected chi connectivity index (χ0v) is 20.0. The van der Waals surface area contributed by atoms with Gasteiger partial charge in [-0.15, -0.1) is 5.73 Å². The summed E-state index contributed by atoms with van der Waals surface area (Å²) in [5.74, 6) is 0.388. The molecule has 1 aromatic carbocycles. The lowest BCUT2D eigenvalue weighted by Crippen LogP contribution is -2.33. The van der Waals surface area contributed by atoms with Gasteiger partial charge < -0.3 is 4.90 Å². The number of benzene rings is 1. The quantitative estimate of drug-likeness (QED) is 0.380. The molecule has 0 unspecified atom stereocenters. The lowest BCUT2D eigenvalue weighted by molar-refractivity contribution is 0.205. The van der Waals surface area contributed by atoms with Crippen LogP contribution in [0.25, 0.3) is 11.3 Å². The highest BCUT2D eigenvalue weighted by Crippen LogP contribution is 2.35. The molecule has 32 heavy (non-hydrogen) atoms. The highest BCUT2D eigenvalue weighted by molar-refractivity contribution is 6.04. The summed E-state index contributed by atoms with van der Waals surface area (Å²) in [7, 11) is 1.80. The van der Waals surface area contributed by atoms with Crippen molar-refractivity contribution in [2.75, 3.05) is 13.6 Å². The van der Waals surface area contributed by atoms with Crippen LogP contribution in [0, 0.1) is 5.92 Å². The van der Waals surface area contributed by atoms with E-state index in [4.69, 9.17) is 0 Å². The standard InChI is InChI=1S/C27H35FN4/c1-7-25-26(24(29-6)12-15-27(4,5)28)22(19(2)3)14-17-32(25)18-20-8-10-21(11-9-20)23-13-16-30-31-23/h8-11,13,16,19H,1,12,14-15,17-18H2,2-6H3,(H,30,31)/b29-24-. The van der Waals surface area contributed by atoms with E-state index in [2.05, 4.69) is 70.5 Å². The maximum atomic E-state index is 14.3. The Hall–Kier alpha value is -2.91. The SMILES string of the molecule is C=C=C1C(/C(CCC(C)(C)F)=N\C)=C(C(C)C)CCN1Cc1ccc(-c2cc[nH]n2)cc1. The Morgan fingerprint density at radius 2 is 2.00 bits per heavy atom. The fourth-order valence-corrected chi connectivity index (χ4v) is 4.25. The molecule has 0 fully saturated rings. The Kier molecular flexibility index (Phi) is 7.52. The van der Waals surface area contributed by atoms with Crippen molar-refractivity contribution in [1.82, 2.24) is 15.1 Å². The summed E-state index contributed by atoms with van der Waals surface area (Å²) in [6, 6.07) is 10.5. The van der Waals surface area contributed by atoms with Gasteiger partial charge in [0.25, 0.3) is 0 Å². The van der Waals surface area contributed by atoms with E-state index in [1.165, 1.54) is 11.1 Å². The van der Waals surface area contributed by atoms with Gasteiger partial charge in [0.05, 0.1) is 11.4 Å². The lowest BCUT2D eigenvalue weighted by Gasteiger charge is -2.36. The zero-order valence-electron chi connectivity index (χ0n) is 20.0. The zero-order chi connectivity index (χ0) is 23.3. The van der Waals surface area contributed by atoms with E-state index in [9.17, 15) is 4.39 Å². The number of aromatic amines is 1. The van der Waals surface area contributed by atoms with Gasteiger partial charge in [-0.1, -0.05) is 50.3 Å². The number of alkyl halides is 1. The van der Waals surface area contributed by atoms with E-state index in [0.717, 1.165) is 47.7 Å². The van der Waals surface area contributed by atoms with Crippen molar-refractivity contribution in [2.45, 2.75) is 59.2 Å². The molecule has 0 spiro atoms. The highest BCUT2D eigenvalue weighted by atomic mass is 19.1. The molecular weight excluding hydrogens is 399 g/mol. The number of allylic oxidation sites excluding steroid dienone is 1. The van der Waals surface area contributed by atoms with E-state index in [1.54, 1.807) is 20.9 Å². The first-order valence-electron chi connectivity index (χ1n) is 11.4. The molecule has 3 rings (SSSR count). The smallest absolute Gasteiger partial charge is 0.105 e. The molecular formula is C27H35FN4. The molecule has 0 bridgehead atoms. The minimum Gasteiger partial charge on any atom is -0.360 e. The van der Waals surface area contributed by atoms with Crippen LogP contribution < -0.4 is 0 Å². The predicted octanol–water partition coefficient (Wildman–Crippen LogP) is 6.50. The number of nitrogens with zero attached hydrogens (tertiary/aromatic N) is 3. The van der Waals surface area contributed by atoms with E-state index < -0.39 is 5.67 Å². The van der Waals surface area contributed by atoms with Crippen molar-refractivity contribution >= 4 is 5.71 Å². The van der Waals surface area contributed by atoms with Crippen molar-refractivity contribution in [2.24, 2.45) is 10.9 Å². The van der Waals surface area contributed by atoms with Gasteiger partial charge in [-0.2, -0.15) is 5.10 Å². The van der Waals surface area contributed by atoms with E-state index in [1.807, 2.05) is 12.3 Å². The Morgan fingerprint density at radius 3 is 2.53 bits per heavy atom. The molecule has 170 valence electrons. The van der Waals surface area contributed by atoms with Gasteiger partial charge in [0.2, 0.25) is 0 Å². The van der Waals surface area contributed by atoms with Gasteiger partial charge in [-0.3, -0.25) is 10.1 Å². The first kappa shape index (κ1) is 23.7. The Morgan fingerprint density at radius 1 is 1.28 bits per heavy atom. The summed E-state index contributed by atoms with van der Waals surface area (Å²) in [6.45, 7) is 13.4. The molecule has 0 saturated heterocycles. The van der Waals surface area contributed by atoms with Crippen molar-refractivity contribution in [3.63, 3.8) is 0 Å². The van der Waals surface area contributed by atoms with Crippen LogP contribution in [0.5, 0.6) is 0 Å². The Bertz CT molecular complexity index is 1010. The van der Waals surface area contributed by atoms with Gasteiger partial charge in [0.15, 0.2) is 0 Å². The summed E-state index contributed by atoms with van der Waals surface area (Å²) >= 11 is 0. The van der Waals surface area contributed by atoms with Crippen LogP contribution in [0.1, 0.15) is 52.5 Å². The molecule has 0 amide bonds. The normalized spacial score (nSPS) is 15.5. The van der Waals surface area contributed by atoms with Gasteiger partial charge >= 0.3 is 0 Å². The molecule has 0 saturated carbocycles. The molecule has 1 aromatic heterocycles. The first-order chi connectivity index (χ1) is 15.2. The molecule has 2 aromatic rings. The van der Waals surface area contributed by atoms with Gasteiger partial charge in [0.1, 0.15) is 5.67 Å². The average Bonchev–Trinajstić information content (AvgIpc) is 3.29. The van der Waals surface area contributed by atoms with Crippen molar-refractivity contribution in [1.29, 1.82) is 0 Å². The summed E-state index contributed by atoms with van der Waals surface area (Å²) in [5.41, 5.74) is 9.61. The number of halogens is 1. The second kappa shape index (κ2) is 10.1. The molecule has 5 heteroatoms. The van der Waals surface area contributed by atoms with Gasteiger partial charge in [-0.25, -0.2) is 4.39 Å². The minimum atomic E-state index is -1.23. The molecule has 0 radical (unpaired) electrons. The second-order valence-electron chi connectivity index (χ2n) is 9.30. The number of H-pyrrole nitrogens is 1. The molecule has 0 atom stereocenters. The van der Waals surface area contributed by atoms with Crippen LogP contribution in [0.4, 0.5) is 4.39 Å².